The molecule has 2 nitrogen and oxygen atoms in total. The van der Waals surface area contributed by atoms with E-state index in [2.05, 4.69) is 43.4 Å². The standard InChI is InChI=1S/C27H32FNO/c1-3-4-17-30-23-13-10-20(11-14-23)21-9-12-22(18-21)29-19(2)24-15-16-27(28)26-8-6-5-7-25(24)26/h5-8,10-11,13-16,19,21-22,29H,3-4,9,12,17-18H2,1-2H3/t19-,21-,22+/m1/s1. The minimum absolute atomic E-state index is 0.149. The van der Waals surface area contributed by atoms with Gasteiger partial charge in [0.15, 0.2) is 0 Å². The Bertz CT molecular complexity index is 968. The summed E-state index contributed by atoms with van der Waals surface area (Å²) in [5.74, 6) is 1.41. The van der Waals surface area contributed by atoms with Crippen molar-refractivity contribution in [2.24, 2.45) is 0 Å². The minimum atomic E-state index is -0.149. The maximum Gasteiger partial charge on any atom is 0.131 e. The van der Waals surface area contributed by atoms with Crippen molar-refractivity contribution >= 4 is 10.8 Å². The van der Waals surface area contributed by atoms with E-state index in [4.69, 9.17) is 4.74 Å². The van der Waals surface area contributed by atoms with Crippen LogP contribution in [-0.4, -0.2) is 12.6 Å². The quantitative estimate of drug-likeness (QED) is 0.402. The first-order valence-electron chi connectivity index (χ1n) is 11.3. The van der Waals surface area contributed by atoms with Crippen molar-refractivity contribution in [3.63, 3.8) is 0 Å². The predicted molar refractivity (Wildman–Crippen MR) is 123 cm³/mol. The van der Waals surface area contributed by atoms with Crippen molar-refractivity contribution in [2.75, 3.05) is 6.61 Å². The molecule has 0 saturated heterocycles. The number of rotatable bonds is 8. The van der Waals surface area contributed by atoms with Crippen LogP contribution in [-0.2, 0) is 0 Å². The summed E-state index contributed by atoms with van der Waals surface area (Å²) < 4.78 is 20.0. The van der Waals surface area contributed by atoms with E-state index in [-0.39, 0.29) is 11.9 Å². The molecule has 3 aromatic carbocycles. The predicted octanol–water partition coefficient (Wildman–Crippen LogP) is 7.14. The molecule has 0 bridgehead atoms. The summed E-state index contributed by atoms with van der Waals surface area (Å²) in [5.41, 5.74) is 2.58. The summed E-state index contributed by atoms with van der Waals surface area (Å²) in [7, 11) is 0. The summed E-state index contributed by atoms with van der Waals surface area (Å²) in [6.45, 7) is 5.16. The van der Waals surface area contributed by atoms with Crippen LogP contribution in [0.4, 0.5) is 4.39 Å². The first-order chi connectivity index (χ1) is 14.7. The van der Waals surface area contributed by atoms with E-state index in [1.165, 1.54) is 24.0 Å². The molecule has 30 heavy (non-hydrogen) atoms. The summed E-state index contributed by atoms with van der Waals surface area (Å²) in [6.07, 6.45) is 5.76. The molecule has 1 saturated carbocycles. The van der Waals surface area contributed by atoms with E-state index in [9.17, 15) is 4.39 Å². The van der Waals surface area contributed by atoms with Crippen LogP contribution in [0.15, 0.2) is 60.7 Å². The Balaban J connectivity index is 1.38. The Labute approximate surface area is 179 Å². The molecule has 0 aliphatic heterocycles. The van der Waals surface area contributed by atoms with Crippen LogP contribution in [0.5, 0.6) is 5.75 Å². The second-order valence-electron chi connectivity index (χ2n) is 8.55. The van der Waals surface area contributed by atoms with Gasteiger partial charge < -0.3 is 10.1 Å². The molecule has 158 valence electrons. The van der Waals surface area contributed by atoms with E-state index in [0.717, 1.165) is 37.0 Å². The van der Waals surface area contributed by atoms with Crippen LogP contribution >= 0.6 is 0 Å². The van der Waals surface area contributed by atoms with Gasteiger partial charge in [0.2, 0.25) is 0 Å². The first kappa shape index (κ1) is 20.9. The van der Waals surface area contributed by atoms with Crippen LogP contribution < -0.4 is 10.1 Å². The molecule has 0 spiro atoms. The largest absolute Gasteiger partial charge is 0.494 e. The lowest BCUT2D eigenvalue weighted by Gasteiger charge is -2.22. The second kappa shape index (κ2) is 9.61. The van der Waals surface area contributed by atoms with Crippen LogP contribution in [0.1, 0.15) is 69.0 Å². The molecule has 1 N–H and O–H groups in total. The van der Waals surface area contributed by atoms with E-state index in [0.29, 0.717) is 17.3 Å². The van der Waals surface area contributed by atoms with Crippen molar-refractivity contribution in [2.45, 2.75) is 64.0 Å². The summed E-state index contributed by atoms with van der Waals surface area (Å²) >= 11 is 0. The molecule has 4 rings (SSSR count). The summed E-state index contributed by atoms with van der Waals surface area (Å²) in [4.78, 5) is 0. The Morgan fingerprint density at radius 2 is 1.77 bits per heavy atom. The highest BCUT2D eigenvalue weighted by Crippen LogP contribution is 2.36. The Morgan fingerprint density at radius 3 is 2.53 bits per heavy atom. The number of ether oxygens (including phenoxy) is 1. The van der Waals surface area contributed by atoms with Gasteiger partial charge >= 0.3 is 0 Å². The molecule has 0 unspecified atom stereocenters. The maximum atomic E-state index is 14.2. The lowest BCUT2D eigenvalue weighted by Crippen LogP contribution is -2.29. The fraction of sp³-hybridized carbons (Fsp3) is 0.407. The molecular formula is C27H32FNO. The van der Waals surface area contributed by atoms with Gasteiger partial charge in [-0.3, -0.25) is 0 Å². The van der Waals surface area contributed by atoms with Gasteiger partial charge in [0.1, 0.15) is 11.6 Å². The van der Waals surface area contributed by atoms with Crippen LogP contribution in [0, 0.1) is 5.82 Å². The van der Waals surface area contributed by atoms with E-state index >= 15 is 0 Å². The van der Waals surface area contributed by atoms with Crippen molar-refractivity contribution in [3.05, 3.63) is 77.6 Å². The minimum Gasteiger partial charge on any atom is -0.494 e. The summed E-state index contributed by atoms with van der Waals surface area (Å²) in [5, 5.41) is 5.51. The summed E-state index contributed by atoms with van der Waals surface area (Å²) in [6, 6.07) is 20.6. The average molecular weight is 406 g/mol. The molecule has 3 heteroatoms. The van der Waals surface area contributed by atoms with Gasteiger partial charge in [-0.25, -0.2) is 4.39 Å². The Morgan fingerprint density at radius 1 is 1.00 bits per heavy atom. The van der Waals surface area contributed by atoms with Gasteiger partial charge in [0.25, 0.3) is 0 Å². The molecule has 0 aromatic heterocycles. The topological polar surface area (TPSA) is 21.3 Å². The number of nitrogens with one attached hydrogen (secondary N) is 1. The number of halogens is 1. The lowest BCUT2D eigenvalue weighted by molar-refractivity contribution is 0.309. The smallest absolute Gasteiger partial charge is 0.131 e. The van der Waals surface area contributed by atoms with Crippen molar-refractivity contribution in [1.82, 2.24) is 5.32 Å². The van der Waals surface area contributed by atoms with Gasteiger partial charge in [-0.1, -0.05) is 55.8 Å². The Hall–Kier alpha value is -2.39. The number of benzene rings is 3. The number of hydrogen-bond donors (Lipinski definition) is 1. The third-order valence-corrected chi connectivity index (χ3v) is 6.41. The monoisotopic (exact) mass is 405 g/mol. The molecule has 1 aliphatic rings. The average Bonchev–Trinajstić information content (AvgIpc) is 3.23. The normalized spacial score (nSPS) is 19.8. The first-order valence-corrected chi connectivity index (χ1v) is 11.3. The third kappa shape index (κ3) is 4.67. The lowest BCUT2D eigenvalue weighted by atomic mass is 9.96. The molecule has 3 aromatic rings. The molecule has 1 fully saturated rings. The second-order valence-corrected chi connectivity index (χ2v) is 8.55. The van der Waals surface area contributed by atoms with Gasteiger partial charge in [-0.05, 0) is 73.2 Å². The van der Waals surface area contributed by atoms with Crippen LogP contribution in [0.25, 0.3) is 10.8 Å². The molecule has 0 heterocycles. The number of hydrogen-bond acceptors (Lipinski definition) is 2. The van der Waals surface area contributed by atoms with Crippen molar-refractivity contribution in [3.8, 4) is 5.75 Å². The highest BCUT2D eigenvalue weighted by Gasteiger charge is 2.27. The third-order valence-electron chi connectivity index (χ3n) is 6.41. The van der Waals surface area contributed by atoms with E-state index in [1.807, 2.05) is 30.3 Å². The molecular weight excluding hydrogens is 373 g/mol. The van der Waals surface area contributed by atoms with Crippen LogP contribution in [0.2, 0.25) is 0 Å². The van der Waals surface area contributed by atoms with Crippen molar-refractivity contribution < 1.29 is 9.13 Å². The zero-order chi connectivity index (χ0) is 20.9. The van der Waals surface area contributed by atoms with Crippen molar-refractivity contribution in [1.29, 1.82) is 0 Å². The molecule has 1 aliphatic carbocycles. The van der Waals surface area contributed by atoms with Gasteiger partial charge in [0.05, 0.1) is 6.61 Å². The van der Waals surface area contributed by atoms with Crippen LogP contribution in [0.3, 0.4) is 0 Å². The Kier molecular flexibility index (Phi) is 6.69. The van der Waals surface area contributed by atoms with Gasteiger partial charge in [0, 0.05) is 17.5 Å². The zero-order valence-corrected chi connectivity index (χ0v) is 18.0. The van der Waals surface area contributed by atoms with E-state index < -0.39 is 0 Å². The fourth-order valence-corrected chi connectivity index (χ4v) is 4.71. The molecule has 0 amide bonds. The fourth-order valence-electron chi connectivity index (χ4n) is 4.71. The van der Waals surface area contributed by atoms with Gasteiger partial charge in [-0.15, -0.1) is 0 Å². The molecule has 3 atom stereocenters. The SMILES string of the molecule is CCCCOc1ccc([C@@H]2CC[C@H](N[C@H](C)c3ccc(F)c4ccccc34)C2)cc1. The molecule has 0 radical (unpaired) electrons. The van der Waals surface area contributed by atoms with E-state index in [1.54, 1.807) is 6.07 Å². The number of unbranched alkanes of at least 4 members (excludes halogenated alkanes) is 1. The maximum absolute atomic E-state index is 14.2. The highest BCUT2D eigenvalue weighted by atomic mass is 19.1. The van der Waals surface area contributed by atoms with Gasteiger partial charge in [-0.2, -0.15) is 0 Å². The highest BCUT2D eigenvalue weighted by molar-refractivity contribution is 5.86. The number of fused-ring (bicyclic) bond motifs is 1. The zero-order valence-electron chi connectivity index (χ0n) is 18.0.